The van der Waals surface area contributed by atoms with E-state index in [1.165, 1.54) is 19.3 Å². The molecule has 0 amide bonds. The predicted octanol–water partition coefficient (Wildman–Crippen LogP) is 5.00. The molecule has 0 radical (unpaired) electrons. The van der Waals surface area contributed by atoms with E-state index >= 15 is 0 Å². The predicted molar refractivity (Wildman–Crippen MR) is 92.3 cm³/mol. The molecule has 0 saturated carbocycles. The summed E-state index contributed by atoms with van der Waals surface area (Å²) in [5.74, 6) is 0.992. The van der Waals surface area contributed by atoms with Crippen molar-refractivity contribution < 1.29 is 13.2 Å². The molecule has 0 unspecified atom stereocenters. The molecule has 0 saturated heterocycles. The van der Waals surface area contributed by atoms with Gasteiger partial charge in [-0.1, -0.05) is 52.4 Å². The molecule has 0 heterocycles. The van der Waals surface area contributed by atoms with Gasteiger partial charge in [-0.2, -0.15) is 0 Å². The summed E-state index contributed by atoms with van der Waals surface area (Å²) in [4.78, 5) is 0.405. The monoisotopic (exact) mass is 326 g/mol. The van der Waals surface area contributed by atoms with Gasteiger partial charge >= 0.3 is 0 Å². The van der Waals surface area contributed by atoms with Crippen molar-refractivity contribution in [3.05, 3.63) is 24.3 Å². The van der Waals surface area contributed by atoms with Crippen LogP contribution in [0.1, 0.15) is 65.2 Å². The van der Waals surface area contributed by atoms with Gasteiger partial charge in [0.05, 0.1) is 17.3 Å². The van der Waals surface area contributed by atoms with Crippen LogP contribution in [0.4, 0.5) is 0 Å². The summed E-state index contributed by atoms with van der Waals surface area (Å²) in [6, 6.07) is 6.85. The van der Waals surface area contributed by atoms with E-state index in [2.05, 4.69) is 13.8 Å². The Balaban J connectivity index is 2.42. The third-order valence-electron chi connectivity index (χ3n) is 3.72. The van der Waals surface area contributed by atoms with Crippen molar-refractivity contribution in [3.8, 4) is 5.75 Å². The van der Waals surface area contributed by atoms with E-state index in [4.69, 9.17) is 4.74 Å². The number of ether oxygens (including phenoxy) is 1. The molecule has 0 spiro atoms. The van der Waals surface area contributed by atoms with Crippen molar-refractivity contribution in [3.63, 3.8) is 0 Å². The first-order chi connectivity index (χ1) is 10.6. The first kappa shape index (κ1) is 19.0. The summed E-state index contributed by atoms with van der Waals surface area (Å²) >= 11 is 0. The van der Waals surface area contributed by atoms with Crippen LogP contribution in [-0.4, -0.2) is 20.8 Å². The van der Waals surface area contributed by atoms with E-state index in [9.17, 15) is 8.42 Å². The zero-order valence-corrected chi connectivity index (χ0v) is 14.8. The second-order valence-corrected chi connectivity index (χ2v) is 7.87. The summed E-state index contributed by atoms with van der Waals surface area (Å²) in [5.41, 5.74) is 0. The molecule has 1 aromatic rings. The lowest BCUT2D eigenvalue weighted by molar-refractivity contribution is 0.305. The van der Waals surface area contributed by atoms with E-state index in [1.54, 1.807) is 24.3 Å². The van der Waals surface area contributed by atoms with Gasteiger partial charge in [0.15, 0.2) is 9.84 Å². The normalized spacial score (nSPS) is 11.5. The quantitative estimate of drug-likeness (QED) is 0.508. The van der Waals surface area contributed by atoms with Gasteiger partial charge in [-0.15, -0.1) is 0 Å². The van der Waals surface area contributed by atoms with Crippen LogP contribution in [0.3, 0.4) is 0 Å². The minimum atomic E-state index is -3.15. The van der Waals surface area contributed by atoms with Gasteiger partial charge < -0.3 is 4.74 Å². The number of sulfone groups is 1. The van der Waals surface area contributed by atoms with Crippen LogP contribution in [0.15, 0.2) is 29.2 Å². The molecule has 0 aliphatic heterocycles. The molecule has 0 atom stereocenters. The zero-order chi connectivity index (χ0) is 16.3. The Hall–Kier alpha value is -1.03. The SMILES string of the molecule is CCCCCCOc1ccc(S(=O)(=O)CCCCCC)cc1. The number of rotatable bonds is 12. The molecular weight excluding hydrogens is 296 g/mol. The van der Waals surface area contributed by atoms with Crippen molar-refractivity contribution in [2.75, 3.05) is 12.4 Å². The average molecular weight is 327 g/mol. The summed E-state index contributed by atoms with van der Waals surface area (Å²) in [6.45, 7) is 5.00. The summed E-state index contributed by atoms with van der Waals surface area (Å²) < 4.78 is 30.0. The fourth-order valence-corrected chi connectivity index (χ4v) is 3.67. The van der Waals surface area contributed by atoms with E-state index in [-0.39, 0.29) is 5.75 Å². The third-order valence-corrected chi connectivity index (χ3v) is 5.53. The van der Waals surface area contributed by atoms with Gasteiger partial charge in [0, 0.05) is 0 Å². The second kappa shape index (κ2) is 10.7. The Morgan fingerprint density at radius 3 is 2.00 bits per heavy atom. The molecule has 126 valence electrons. The minimum absolute atomic E-state index is 0.240. The fraction of sp³-hybridized carbons (Fsp3) is 0.667. The molecule has 0 bridgehead atoms. The minimum Gasteiger partial charge on any atom is -0.494 e. The maximum atomic E-state index is 12.2. The molecule has 1 rings (SSSR count). The lowest BCUT2D eigenvalue weighted by Crippen LogP contribution is -2.07. The Bertz CT molecular complexity index is 492. The van der Waals surface area contributed by atoms with Crippen LogP contribution in [0.5, 0.6) is 5.75 Å². The first-order valence-corrected chi connectivity index (χ1v) is 10.2. The highest BCUT2D eigenvalue weighted by Gasteiger charge is 2.13. The van der Waals surface area contributed by atoms with Gasteiger partial charge in [-0.05, 0) is 37.1 Å². The van der Waals surface area contributed by atoms with Crippen molar-refractivity contribution in [1.29, 1.82) is 0 Å². The fourth-order valence-electron chi connectivity index (χ4n) is 2.30. The van der Waals surface area contributed by atoms with Gasteiger partial charge in [0.2, 0.25) is 0 Å². The molecule has 3 nitrogen and oxygen atoms in total. The van der Waals surface area contributed by atoms with Gasteiger partial charge in [0.1, 0.15) is 5.75 Å². The molecule has 1 aromatic carbocycles. The second-order valence-electron chi connectivity index (χ2n) is 5.76. The van der Waals surface area contributed by atoms with Gasteiger partial charge in [-0.25, -0.2) is 8.42 Å². The lowest BCUT2D eigenvalue weighted by atomic mass is 10.2. The van der Waals surface area contributed by atoms with Crippen LogP contribution in [-0.2, 0) is 9.84 Å². The summed E-state index contributed by atoms with van der Waals surface area (Å²) in [6.07, 6.45) is 8.61. The first-order valence-electron chi connectivity index (χ1n) is 8.55. The Kier molecular flexibility index (Phi) is 9.21. The van der Waals surface area contributed by atoms with E-state index in [0.717, 1.165) is 37.9 Å². The Labute approximate surface area is 136 Å². The summed E-state index contributed by atoms with van der Waals surface area (Å²) in [5, 5.41) is 0. The molecule has 0 aliphatic carbocycles. The zero-order valence-electron chi connectivity index (χ0n) is 14.0. The molecule has 0 aromatic heterocycles. The molecule has 0 fully saturated rings. The Morgan fingerprint density at radius 2 is 1.41 bits per heavy atom. The van der Waals surface area contributed by atoms with Crippen molar-refractivity contribution in [1.82, 2.24) is 0 Å². The largest absolute Gasteiger partial charge is 0.494 e. The van der Waals surface area contributed by atoms with Gasteiger partial charge in [0.25, 0.3) is 0 Å². The number of hydrogen-bond acceptors (Lipinski definition) is 3. The van der Waals surface area contributed by atoms with Crippen molar-refractivity contribution >= 4 is 9.84 Å². The van der Waals surface area contributed by atoms with Crippen LogP contribution in [0.25, 0.3) is 0 Å². The molecule has 0 aliphatic rings. The highest BCUT2D eigenvalue weighted by atomic mass is 32.2. The van der Waals surface area contributed by atoms with Crippen LogP contribution >= 0.6 is 0 Å². The van der Waals surface area contributed by atoms with E-state index in [0.29, 0.717) is 11.5 Å². The molecule has 0 N–H and O–H groups in total. The standard InChI is InChI=1S/C18H30O3S/c1-3-5-7-9-15-21-17-11-13-18(14-12-17)22(19,20)16-10-8-6-4-2/h11-14H,3-10,15-16H2,1-2H3. The molecular formula is C18H30O3S. The molecule has 4 heteroatoms. The Morgan fingerprint density at radius 1 is 0.818 bits per heavy atom. The highest BCUT2D eigenvalue weighted by molar-refractivity contribution is 7.91. The summed E-state index contributed by atoms with van der Waals surface area (Å²) in [7, 11) is -3.15. The third kappa shape index (κ3) is 7.30. The molecule has 22 heavy (non-hydrogen) atoms. The smallest absolute Gasteiger partial charge is 0.178 e. The maximum Gasteiger partial charge on any atom is 0.178 e. The van der Waals surface area contributed by atoms with E-state index < -0.39 is 9.84 Å². The lowest BCUT2D eigenvalue weighted by Gasteiger charge is -2.08. The van der Waals surface area contributed by atoms with Crippen molar-refractivity contribution in [2.45, 2.75) is 70.1 Å². The van der Waals surface area contributed by atoms with Crippen LogP contribution < -0.4 is 4.74 Å². The number of unbranched alkanes of at least 4 members (excludes halogenated alkanes) is 6. The average Bonchev–Trinajstić information content (AvgIpc) is 2.52. The van der Waals surface area contributed by atoms with Gasteiger partial charge in [-0.3, -0.25) is 0 Å². The van der Waals surface area contributed by atoms with Crippen LogP contribution in [0.2, 0.25) is 0 Å². The maximum absolute atomic E-state index is 12.2. The highest BCUT2D eigenvalue weighted by Crippen LogP contribution is 2.18. The van der Waals surface area contributed by atoms with Crippen LogP contribution in [0, 0.1) is 0 Å². The number of benzene rings is 1. The van der Waals surface area contributed by atoms with E-state index in [1.807, 2.05) is 0 Å². The number of hydrogen-bond donors (Lipinski definition) is 0. The van der Waals surface area contributed by atoms with Crippen molar-refractivity contribution in [2.24, 2.45) is 0 Å². The topological polar surface area (TPSA) is 43.4 Å².